The summed E-state index contributed by atoms with van der Waals surface area (Å²) in [5, 5.41) is 13.0. The second kappa shape index (κ2) is 6.12. The van der Waals surface area contributed by atoms with Crippen LogP contribution in [0.4, 0.5) is 4.39 Å². The molecular formula is C16H20FNO2S. The average Bonchev–Trinajstić information content (AvgIpc) is 2.86. The number of halogens is 1. The van der Waals surface area contributed by atoms with Crippen LogP contribution in [0, 0.1) is 5.82 Å². The molecule has 1 unspecified atom stereocenters. The van der Waals surface area contributed by atoms with Gasteiger partial charge in [-0.1, -0.05) is 20.8 Å². The van der Waals surface area contributed by atoms with Gasteiger partial charge in [0, 0.05) is 28.8 Å². The second-order valence-electron chi connectivity index (χ2n) is 5.98. The van der Waals surface area contributed by atoms with E-state index in [0.717, 1.165) is 10.7 Å². The maximum atomic E-state index is 13.9. The van der Waals surface area contributed by atoms with Gasteiger partial charge in [-0.15, -0.1) is 11.3 Å². The van der Waals surface area contributed by atoms with Gasteiger partial charge in [0.1, 0.15) is 11.6 Å². The first kappa shape index (κ1) is 15.9. The van der Waals surface area contributed by atoms with E-state index in [2.05, 4.69) is 25.8 Å². The number of hydrogen-bond acceptors (Lipinski definition) is 4. The Kier molecular flexibility index (Phi) is 4.64. The fourth-order valence-electron chi connectivity index (χ4n) is 1.93. The highest BCUT2D eigenvalue weighted by Crippen LogP contribution is 2.28. The molecule has 0 aliphatic rings. The molecule has 2 aromatic rings. The summed E-state index contributed by atoms with van der Waals surface area (Å²) in [5.74, 6) is -0.0258. The van der Waals surface area contributed by atoms with Crippen molar-refractivity contribution in [1.82, 2.24) is 4.98 Å². The smallest absolute Gasteiger partial charge is 0.132 e. The zero-order valence-electron chi connectivity index (χ0n) is 12.7. The molecule has 5 heteroatoms. The molecule has 0 fully saturated rings. The molecule has 0 bridgehead atoms. The number of hydrogen-bond donors (Lipinski definition) is 1. The molecule has 0 spiro atoms. The van der Waals surface area contributed by atoms with E-state index in [1.54, 1.807) is 12.1 Å². The Morgan fingerprint density at radius 3 is 2.62 bits per heavy atom. The highest BCUT2D eigenvalue weighted by Gasteiger charge is 2.20. The Bertz CT molecular complexity index is 619. The van der Waals surface area contributed by atoms with Crippen LogP contribution in [0.25, 0.3) is 0 Å². The van der Waals surface area contributed by atoms with E-state index in [9.17, 15) is 9.50 Å². The Balaban J connectivity index is 2.14. The van der Waals surface area contributed by atoms with Crippen molar-refractivity contribution < 1.29 is 14.2 Å². The number of rotatable bonds is 4. The normalized spacial score (nSPS) is 13.2. The molecule has 0 amide bonds. The average molecular weight is 309 g/mol. The summed E-state index contributed by atoms with van der Waals surface area (Å²) < 4.78 is 18.9. The fourth-order valence-corrected chi connectivity index (χ4v) is 2.99. The summed E-state index contributed by atoms with van der Waals surface area (Å²) in [6, 6.07) is 4.47. The van der Waals surface area contributed by atoms with Crippen molar-refractivity contribution in [2.24, 2.45) is 0 Å². The molecule has 1 aromatic carbocycles. The minimum Gasteiger partial charge on any atom is -0.497 e. The standard InChI is InChI=1S/C16H20FNO2S/c1-16(2,3)14-9-21-15(18-14)8-13(19)11-6-5-10(20-4)7-12(11)17/h5-7,9,13,19H,8H2,1-4H3. The van der Waals surface area contributed by atoms with Crippen LogP contribution in [-0.4, -0.2) is 17.2 Å². The first-order valence-electron chi connectivity index (χ1n) is 6.77. The number of nitrogens with zero attached hydrogens (tertiary/aromatic N) is 1. The van der Waals surface area contributed by atoms with Crippen molar-refractivity contribution in [1.29, 1.82) is 0 Å². The van der Waals surface area contributed by atoms with E-state index in [1.165, 1.54) is 24.5 Å². The molecule has 114 valence electrons. The molecule has 21 heavy (non-hydrogen) atoms. The van der Waals surface area contributed by atoms with Crippen LogP contribution in [0.1, 0.15) is 43.1 Å². The first-order valence-corrected chi connectivity index (χ1v) is 7.65. The molecule has 1 aromatic heterocycles. The van der Waals surface area contributed by atoms with E-state index in [1.807, 2.05) is 5.38 Å². The van der Waals surface area contributed by atoms with Gasteiger partial charge in [-0.3, -0.25) is 0 Å². The van der Waals surface area contributed by atoms with Crippen LogP contribution in [0.2, 0.25) is 0 Å². The van der Waals surface area contributed by atoms with Crippen molar-refractivity contribution >= 4 is 11.3 Å². The Labute approximate surface area is 128 Å². The van der Waals surface area contributed by atoms with Gasteiger partial charge in [0.25, 0.3) is 0 Å². The molecule has 0 radical (unpaired) electrons. The lowest BCUT2D eigenvalue weighted by atomic mass is 9.93. The summed E-state index contributed by atoms with van der Waals surface area (Å²) >= 11 is 1.49. The van der Waals surface area contributed by atoms with Gasteiger partial charge in [0.15, 0.2) is 0 Å². The number of aliphatic hydroxyl groups excluding tert-OH is 1. The van der Waals surface area contributed by atoms with Gasteiger partial charge in [-0.2, -0.15) is 0 Å². The summed E-state index contributed by atoms with van der Waals surface area (Å²) in [6.07, 6.45) is -0.598. The quantitative estimate of drug-likeness (QED) is 0.932. The highest BCUT2D eigenvalue weighted by molar-refractivity contribution is 7.09. The third-order valence-corrected chi connectivity index (χ3v) is 4.13. The predicted octanol–water partition coefficient (Wildman–Crippen LogP) is 3.86. The summed E-state index contributed by atoms with van der Waals surface area (Å²) in [6.45, 7) is 6.27. The zero-order chi connectivity index (χ0) is 15.6. The van der Waals surface area contributed by atoms with Crippen molar-refractivity contribution in [2.45, 2.75) is 38.7 Å². The first-order chi connectivity index (χ1) is 9.81. The maximum absolute atomic E-state index is 13.9. The lowest BCUT2D eigenvalue weighted by Gasteiger charge is -2.14. The van der Waals surface area contributed by atoms with Gasteiger partial charge in [0.2, 0.25) is 0 Å². The summed E-state index contributed by atoms with van der Waals surface area (Å²) in [5.41, 5.74) is 1.23. The third-order valence-electron chi connectivity index (χ3n) is 3.25. The van der Waals surface area contributed by atoms with Crippen molar-refractivity contribution in [3.05, 3.63) is 45.7 Å². The van der Waals surface area contributed by atoms with E-state index >= 15 is 0 Å². The van der Waals surface area contributed by atoms with Crippen LogP contribution in [0.3, 0.4) is 0 Å². The van der Waals surface area contributed by atoms with Crippen LogP contribution in [0.15, 0.2) is 23.6 Å². The van der Waals surface area contributed by atoms with E-state index < -0.39 is 11.9 Å². The van der Waals surface area contributed by atoms with Gasteiger partial charge in [0.05, 0.1) is 23.9 Å². The largest absolute Gasteiger partial charge is 0.497 e. The minimum absolute atomic E-state index is 0.0228. The number of aliphatic hydroxyl groups is 1. The summed E-state index contributed by atoms with van der Waals surface area (Å²) in [4.78, 5) is 4.52. The van der Waals surface area contributed by atoms with E-state index in [0.29, 0.717) is 12.2 Å². The van der Waals surface area contributed by atoms with Crippen LogP contribution in [-0.2, 0) is 11.8 Å². The van der Waals surface area contributed by atoms with Gasteiger partial charge < -0.3 is 9.84 Å². The molecule has 0 saturated heterocycles. The van der Waals surface area contributed by atoms with Crippen molar-refractivity contribution in [2.75, 3.05) is 7.11 Å². The second-order valence-corrected chi connectivity index (χ2v) is 6.93. The summed E-state index contributed by atoms with van der Waals surface area (Å²) in [7, 11) is 1.48. The molecule has 1 atom stereocenters. The monoisotopic (exact) mass is 309 g/mol. The van der Waals surface area contributed by atoms with E-state index in [-0.39, 0.29) is 11.0 Å². The Morgan fingerprint density at radius 1 is 1.38 bits per heavy atom. The van der Waals surface area contributed by atoms with Crippen LogP contribution in [0.5, 0.6) is 5.75 Å². The van der Waals surface area contributed by atoms with Crippen molar-refractivity contribution in [3.8, 4) is 5.75 Å². The molecule has 0 saturated carbocycles. The van der Waals surface area contributed by atoms with Gasteiger partial charge >= 0.3 is 0 Å². The lowest BCUT2D eigenvalue weighted by molar-refractivity contribution is 0.173. The number of aromatic nitrogens is 1. The molecular weight excluding hydrogens is 289 g/mol. The van der Waals surface area contributed by atoms with Gasteiger partial charge in [-0.05, 0) is 12.1 Å². The molecule has 0 aliphatic carbocycles. The topological polar surface area (TPSA) is 42.4 Å². The maximum Gasteiger partial charge on any atom is 0.132 e. The molecule has 3 nitrogen and oxygen atoms in total. The number of thiazole rings is 1. The molecule has 2 rings (SSSR count). The highest BCUT2D eigenvalue weighted by atomic mass is 32.1. The van der Waals surface area contributed by atoms with E-state index in [4.69, 9.17) is 4.74 Å². The Hall–Kier alpha value is -1.46. The Morgan fingerprint density at radius 2 is 2.10 bits per heavy atom. The SMILES string of the molecule is COc1ccc(C(O)Cc2nc(C(C)(C)C)cs2)c(F)c1. The number of ether oxygens (including phenoxy) is 1. The number of benzene rings is 1. The van der Waals surface area contributed by atoms with Crippen molar-refractivity contribution in [3.63, 3.8) is 0 Å². The van der Waals surface area contributed by atoms with Crippen LogP contribution < -0.4 is 4.74 Å². The fraction of sp³-hybridized carbons (Fsp3) is 0.438. The molecule has 1 N–H and O–H groups in total. The molecule has 0 aliphatic heterocycles. The predicted molar refractivity (Wildman–Crippen MR) is 82.4 cm³/mol. The minimum atomic E-state index is -0.908. The van der Waals surface area contributed by atoms with Crippen LogP contribution >= 0.6 is 11.3 Å². The number of methoxy groups -OCH3 is 1. The molecule has 1 heterocycles. The zero-order valence-corrected chi connectivity index (χ0v) is 13.5. The third kappa shape index (κ3) is 3.80. The lowest BCUT2D eigenvalue weighted by Crippen LogP contribution is -2.12. The van der Waals surface area contributed by atoms with Gasteiger partial charge in [-0.25, -0.2) is 9.37 Å².